The first-order valence-electron chi connectivity index (χ1n) is 13.0. The van der Waals surface area contributed by atoms with Gasteiger partial charge in [-0.05, 0) is 105 Å². The van der Waals surface area contributed by atoms with E-state index < -0.39 is 12.1 Å². The van der Waals surface area contributed by atoms with Gasteiger partial charge in [-0.2, -0.15) is 9.78 Å². The van der Waals surface area contributed by atoms with Crippen LogP contribution in [0.2, 0.25) is 10.2 Å². The first kappa shape index (κ1) is 31.0. The van der Waals surface area contributed by atoms with E-state index >= 15 is 0 Å². The number of carbonyl (C=O) groups excluding carboxylic acids is 2. The second-order valence-corrected chi connectivity index (χ2v) is 11.4. The standard InChI is InChI=1S/C30H23Cl2IN8O3/c1-44-30(43)35-23-9-5-19(6-10-23)24-16-26(37-38-29(24)32)25(14-18-3-2-4-22(33)13-18)36-28(42)12-7-20-15-21(31)8-11-27(20)41-17-34-39-40-41/h2-13,15-17,25H,14H2,1H3,(H,35,43)(H,36,42)/b12-7+/t25-/m0/s1. The number of tetrazole rings is 1. The number of amides is 2. The van der Waals surface area contributed by atoms with Crippen LogP contribution in [-0.2, 0) is 16.0 Å². The van der Waals surface area contributed by atoms with Crippen LogP contribution in [0.5, 0.6) is 0 Å². The lowest BCUT2D eigenvalue weighted by atomic mass is 10.00. The molecular formula is C30H23Cl2IN8O3. The molecule has 2 heterocycles. The molecule has 2 N–H and O–H groups in total. The van der Waals surface area contributed by atoms with Crippen molar-refractivity contribution in [2.75, 3.05) is 12.4 Å². The quantitative estimate of drug-likeness (QED) is 0.132. The van der Waals surface area contributed by atoms with Crippen molar-refractivity contribution in [3.8, 4) is 16.8 Å². The Kier molecular flexibility index (Phi) is 10.1. The summed E-state index contributed by atoms with van der Waals surface area (Å²) in [5.74, 6) is -0.361. The van der Waals surface area contributed by atoms with Crippen molar-refractivity contribution in [1.82, 2.24) is 35.7 Å². The number of hydrogen-bond acceptors (Lipinski definition) is 8. The highest BCUT2D eigenvalue weighted by atomic mass is 127. The monoisotopic (exact) mass is 740 g/mol. The fraction of sp³-hybridized carbons (Fsp3) is 0.100. The molecule has 2 aromatic heterocycles. The summed E-state index contributed by atoms with van der Waals surface area (Å²) < 4.78 is 7.19. The molecule has 0 radical (unpaired) electrons. The summed E-state index contributed by atoms with van der Waals surface area (Å²) in [5, 5.41) is 26.2. The van der Waals surface area contributed by atoms with Gasteiger partial charge >= 0.3 is 6.09 Å². The molecule has 0 saturated heterocycles. The van der Waals surface area contributed by atoms with E-state index in [0.717, 1.165) is 14.7 Å². The molecule has 1 atom stereocenters. The second-order valence-electron chi connectivity index (χ2n) is 9.35. The zero-order valence-corrected chi connectivity index (χ0v) is 26.7. The van der Waals surface area contributed by atoms with Crippen LogP contribution in [0.4, 0.5) is 10.5 Å². The summed E-state index contributed by atoms with van der Waals surface area (Å²) in [7, 11) is 1.29. The molecule has 0 unspecified atom stereocenters. The molecule has 0 spiro atoms. The maximum atomic E-state index is 13.3. The Morgan fingerprint density at radius 2 is 1.86 bits per heavy atom. The van der Waals surface area contributed by atoms with Gasteiger partial charge in [0, 0.05) is 31.5 Å². The zero-order valence-electron chi connectivity index (χ0n) is 23.0. The number of nitrogens with one attached hydrogen (secondary N) is 2. The Balaban J connectivity index is 1.43. The SMILES string of the molecule is COC(=O)Nc1ccc(-c2cc([C@H](Cc3cccc(I)c3)NC(=O)/C=C/c3cc(Cl)ccc3-n3cnnn3)nnc2Cl)cc1. The summed E-state index contributed by atoms with van der Waals surface area (Å²) in [5.41, 5.74) is 4.73. The number of methoxy groups -OCH3 is 1. The molecule has 0 aliphatic heterocycles. The first-order valence-corrected chi connectivity index (χ1v) is 14.9. The summed E-state index contributed by atoms with van der Waals surface area (Å²) >= 11 is 14.9. The van der Waals surface area contributed by atoms with Crippen LogP contribution >= 0.6 is 45.8 Å². The summed E-state index contributed by atoms with van der Waals surface area (Å²) in [4.78, 5) is 24.9. The summed E-state index contributed by atoms with van der Waals surface area (Å²) in [6, 6.07) is 21.4. The van der Waals surface area contributed by atoms with Gasteiger partial charge in [0.05, 0.1) is 24.5 Å². The minimum atomic E-state index is -0.575. The van der Waals surface area contributed by atoms with E-state index in [9.17, 15) is 9.59 Å². The molecule has 0 bridgehead atoms. The number of rotatable bonds is 9. The summed E-state index contributed by atoms with van der Waals surface area (Å²) in [6.07, 6.45) is 4.38. The van der Waals surface area contributed by atoms with Gasteiger partial charge in [-0.25, -0.2) is 4.79 Å². The van der Waals surface area contributed by atoms with E-state index in [-0.39, 0.29) is 11.1 Å². The fourth-order valence-corrected chi connectivity index (χ4v) is 5.31. The highest BCUT2D eigenvalue weighted by Crippen LogP contribution is 2.30. The predicted molar refractivity (Wildman–Crippen MR) is 175 cm³/mol. The Hall–Kier alpha value is -4.40. The van der Waals surface area contributed by atoms with Crippen molar-refractivity contribution >= 4 is 69.6 Å². The molecule has 222 valence electrons. The van der Waals surface area contributed by atoms with Gasteiger partial charge in [-0.3, -0.25) is 10.1 Å². The number of halogens is 3. The largest absolute Gasteiger partial charge is 0.453 e. The third kappa shape index (κ3) is 7.95. The van der Waals surface area contributed by atoms with Crippen LogP contribution in [0.3, 0.4) is 0 Å². The topological polar surface area (TPSA) is 137 Å². The lowest BCUT2D eigenvalue weighted by molar-refractivity contribution is -0.117. The van der Waals surface area contributed by atoms with Crippen molar-refractivity contribution in [2.45, 2.75) is 12.5 Å². The van der Waals surface area contributed by atoms with Gasteiger partial charge in [-0.1, -0.05) is 47.5 Å². The van der Waals surface area contributed by atoms with Crippen LogP contribution in [-0.4, -0.2) is 49.5 Å². The average Bonchev–Trinajstić information content (AvgIpc) is 3.55. The Bertz CT molecular complexity index is 1820. The van der Waals surface area contributed by atoms with E-state index in [4.69, 9.17) is 23.2 Å². The Labute approximate surface area is 275 Å². The van der Waals surface area contributed by atoms with Crippen molar-refractivity contribution in [3.05, 3.63) is 116 Å². The Morgan fingerprint density at radius 3 is 2.59 bits per heavy atom. The Morgan fingerprint density at radius 1 is 1.05 bits per heavy atom. The number of anilines is 1. The maximum absolute atomic E-state index is 13.3. The molecule has 0 fully saturated rings. The smallest absolute Gasteiger partial charge is 0.411 e. The van der Waals surface area contributed by atoms with E-state index in [1.807, 2.05) is 24.3 Å². The molecule has 11 nitrogen and oxygen atoms in total. The minimum Gasteiger partial charge on any atom is -0.453 e. The molecule has 44 heavy (non-hydrogen) atoms. The third-order valence-electron chi connectivity index (χ3n) is 6.40. The number of aromatic nitrogens is 6. The third-order valence-corrected chi connectivity index (χ3v) is 7.58. The molecule has 5 rings (SSSR count). The van der Waals surface area contributed by atoms with Gasteiger partial charge in [0.1, 0.15) is 6.33 Å². The minimum absolute atomic E-state index is 0.192. The van der Waals surface area contributed by atoms with Crippen LogP contribution in [0, 0.1) is 3.57 Å². The van der Waals surface area contributed by atoms with E-state index in [2.05, 4.69) is 63.7 Å². The fourth-order valence-electron chi connectivity index (χ4n) is 4.32. The van der Waals surface area contributed by atoms with E-state index in [0.29, 0.717) is 39.6 Å². The highest BCUT2D eigenvalue weighted by Gasteiger charge is 2.20. The van der Waals surface area contributed by atoms with Crippen LogP contribution < -0.4 is 10.6 Å². The van der Waals surface area contributed by atoms with Crippen molar-refractivity contribution < 1.29 is 14.3 Å². The average molecular weight is 741 g/mol. The molecule has 0 aliphatic carbocycles. The van der Waals surface area contributed by atoms with Crippen molar-refractivity contribution in [2.24, 2.45) is 0 Å². The molecular weight excluding hydrogens is 718 g/mol. The summed E-state index contributed by atoms with van der Waals surface area (Å²) in [6.45, 7) is 0. The normalized spacial score (nSPS) is 11.7. The number of benzene rings is 3. The molecule has 3 aromatic carbocycles. The van der Waals surface area contributed by atoms with Gasteiger partial charge in [0.15, 0.2) is 5.15 Å². The molecule has 0 aliphatic rings. The number of carbonyl (C=O) groups is 2. The van der Waals surface area contributed by atoms with Crippen molar-refractivity contribution in [1.29, 1.82) is 0 Å². The van der Waals surface area contributed by atoms with Crippen LogP contribution in [0.1, 0.15) is 22.9 Å². The van der Waals surface area contributed by atoms with Gasteiger partial charge in [-0.15, -0.1) is 10.2 Å². The highest BCUT2D eigenvalue weighted by molar-refractivity contribution is 14.1. The number of nitrogens with zero attached hydrogens (tertiary/aromatic N) is 6. The molecule has 2 amide bonds. The first-order chi connectivity index (χ1) is 21.3. The number of ether oxygens (including phenoxy) is 1. The second kappa shape index (κ2) is 14.4. The lowest BCUT2D eigenvalue weighted by Gasteiger charge is -2.19. The molecule has 5 aromatic rings. The van der Waals surface area contributed by atoms with E-state index in [1.165, 1.54) is 24.2 Å². The predicted octanol–water partition coefficient (Wildman–Crippen LogP) is 6.32. The van der Waals surface area contributed by atoms with Gasteiger partial charge in [0.25, 0.3) is 0 Å². The lowest BCUT2D eigenvalue weighted by Crippen LogP contribution is -2.29. The maximum Gasteiger partial charge on any atom is 0.411 e. The number of hydrogen-bond donors (Lipinski definition) is 2. The molecule has 0 saturated carbocycles. The van der Waals surface area contributed by atoms with Crippen LogP contribution in [0.25, 0.3) is 22.9 Å². The van der Waals surface area contributed by atoms with Crippen LogP contribution in [0.15, 0.2) is 85.2 Å². The van der Waals surface area contributed by atoms with E-state index in [1.54, 1.807) is 54.6 Å². The van der Waals surface area contributed by atoms with Gasteiger partial charge in [0.2, 0.25) is 5.91 Å². The van der Waals surface area contributed by atoms with Crippen molar-refractivity contribution in [3.63, 3.8) is 0 Å². The zero-order chi connectivity index (χ0) is 31.1. The molecule has 14 heteroatoms. The van der Waals surface area contributed by atoms with Gasteiger partial charge < -0.3 is 10.1 Å².